The molecule has 166 valence electrons. The molecular weight excluding hydrogens is 439 g/mol. The van der Waals surface area contributed by atoms with Crippen LogP contribution in [0.1, 0.15) is 80.1 Å². The molecule has 6 atom stereocenters. The fourth-order valence-corrected chi connectivity index (χ4v) is 7.96. The van der Waals surface area contributed by atoms with Gasteiger partial charge in [0.2, 0.25) is 0 Å². The molecule has 0 aliphatic heterocycles. The molecule has 2 nitrogen and oxygen atoms in total. The fourth-order valence-electron chi connectivity index (χ4n) is 5.54. The Morgan fingerprint density at radius 1 is 0.750 bits per heavy atom. The second kappa shape index (κ2) is 13.1. The molecular formula is C22H44Cl2N2SiTi-2. The maximum atomic E-state index is 5.55. The van der Waals surface area contributed by atoms with Gasteiger partial charge in [-0.2, -0.15) is 8.40 Å². The predicted octanol–water partition coefficient (Wildman–Crippen LogP) is 8.73. The van der Waals surface area contributed by atoms with Gasteiger partial charge < -0.3 is 9.96 Å². The van der Waals surface area contributed by atoms with Crippen molar-refractivity contribution in [1.82, 2.24) is 0 Å². The van der Waals surface area contributed by atoms with E-state index in [4.69, 9.17) is 28.6 Å². The molecule has 2 aliphatic rings. The van der Waals surface area contributed by atoms with E-state index in [-0.39, 0.29) is 0 Å². The molecule has 0 aromatic carbocycles. The zero-order valence-electron chi connectivity index (χ0n) is 19.5. The van der Waals surface area contributed by atoms with E-state index in [0.717, 1.165) is 35.5 Å². The first-order valence-electron chi connectivity index (χ1n) is 11.4. The van der Waals surface area contributed by atoms with Gasteiger partial charge in [0.25, 0.3) is 0 Å². The number of nitrogens with zero attached hydrogens (tertiary/aromatic N) is 2. The van der Waals surface area contributed by atoms with Crippen LogP contribution in [-0.4, -0.2) is 20.5 Å². The summed E-state index contributed by atoms with van der Waals surface area (Å²) in [6.07, 6.45) is 8.24. The minimum atomic E-state index is -1.89. The van der Waals surface area contributed by atoms with Crippen LogP contribution in [0.3, 0.4) is 0 Å². The molecule has 6 unspecified atom stereocenters. The Hall–Kier alpha value is 1.43. The van der Waals surface area contributed by atoms with Crippen molar-refractivity contribution in [3.8, 4) is 0 Å². The van der Waals surface area contributed by atoms with Crippen molar-refractivity contribution >= 4 is 27.0 Å². The van der Waals surface area contributed by atoms with Crippen LogP contribution in [-0.2, 0) is 17.0 Å². The van der Waals surface area contributed by atoms with Crippen molar-refractivity contribution < 1.29 is 17.0 Å². The van der Waals surface area contributed by atoms with E-state index in [9.17, 15) is 0 Å². The van der Waals surface area contributed by atoms with Crippen LogP contribution in [0.5, 0.6) is 0 Å². The van der Waals surface area contributed by atoms with Gasteiger partial charge in [-0.1, -0.05) is 104 Å². The van der Waals surface area contributed by atoms with Gasteiger partial charge in [-0.15, -0.1) is 25.2 Å². The predicted molar refractivity (Wildman–Crippen MR) is 126 cm³/mol. The Balaban J connectivity index is 0.00000122. The van der Waals surface area contributed by atoms with Crippen LogP contribution in [0.15, 0.2) is 0 Å². The summed E-state index contributed by atoms with van der Waals surface area (Å²) in [6.45, 7) is 19.3. The van der Waals surface area contributed by atoms with E-state index in [1.807, 2.05) is 0 Å². The SMILES string of the molecule is CC(C)C1CCCC(C)C1[N-][Si](C)(C)[N-]C1C(C)CCCC1C(C)C.[Cl][Ti][Cl]. The van der Waals surface area contributed by atoms with Crippen molar-refractivity contribution in [2.24, 2.45) is 35.5 Å². The maximum absolute atomic E-state index is 5.55. The van der Waals surface area contributed by atoms with Crippen molar-refractivity contribution in [1.29, 1.82) is 0 Å². The summed E-state index contributed by atoms with van der Waals surface area (Å²) in [5, 5.41) is 0. The van der Waals surface area contributed by atoms with Crippen LogP contribution in [0, 0.1) is 35.5 Å². The van der Waals surface area contributed by atoms with Crippen LogP contribution < -0.4 is 0 Å². The van der Waals surface area contributed by atoms with Gasteiger partial charge in [-0.05, 0) is 11.8 Å². The third-order valence-electron chi connectivity index (χ3n) is 7.08. The molecule has 0 bridgehead atoms. The first-order chi connectivity index (χ1) is 13.0. The molecule has 0 N–H and O–H groups in total. The van der Waals surface area contributed by atoms with Gasteiger partial charge in [0.1, 0.15) is 0 Å². The van der Waals surface area contributed by atoms with Gasteiger partial charge >= 0.3 is 35.6 Å². The second-order valence-corrected chi connectivity index (χ2v) is 16.5. The van der Waals surface area contributed by atoms with Crippen molar-refractivity contribution in [3.63, 3.8) is 0 Å². The van der Waals surface area contributed by atoms with E-state index in [1.54, 1.807) is 0 Å². The Labute approximate surface area is 193 Å². The van der Waals surface area contributed by atoms with Crippen molar-refractivity contribution in [2.45, 2.75) is 105 Å². The standard InChI is InChI=1S/C22H44N2Si.2ClH.Ti/c1-15(2)19-13-9-11-17(5)21(19)23-25(7,8)24-22-18(6)12-10-14-20(22)16(3)4;;;/h15-22H,9-14H2,1-8H3;2*1H;/q-2;;;+2/p-2. The zero-order chi connectivity index (χ0) is 21.5. The normalized spacial score (nSPS) is 34.1. The molecule has 0 saturated heterocycles. The molecule has 0 aromatic rings. The van der Waals surface area contributed by atoms with Gasteiger partial charge in [0, 0.05) is 0 Å². The Bertz CT molecular complexity index is 401. The Morgan fingerprint density at radius 2 is 1.07 bits per heavy atom. The van der Waals surface area contributed by atoms with E-state index < -0.39 is 25.4 Å². The zero-order valence-corrected chi connectivity index (χ0v) is 23.6. The molecule has 0 amide bonds. The average Bonchev–Trinajstić information content (AvgIpc) is 2.58. The average molecular weight is 483 g/mol. The number of hydrogen-bond donors (Lipinski definition) is 0. The molecule has 2 aliphatic carbocycles. The monoisotopic (exact) mass is 482 g/mol. The number of rotatable bonds is 6. The fraction of sp³-hybridized carbons (Fsp3) is 1.00. The van der Waals surface area contributed by atoms with Crippen LogP contribution in [0.2, 0.25) is 13.1 Å². The minimum absolute atomic E-state index is 0.551. The Morgan fingerprint density at radius 3 is 1.36 bits per heavy atom. The quantitative estimate of drug-likeness (QED) is 0.338. The molecule has 2 fully saturated rings. The molecule has 0 radical (unpaired) electrons. The topological polar surface area (TPSA) is 28.2 Å². The van der Waals surface area contributed by atoms with E-state index in [2.05, 4.69) is 54.6 Å². The summed E-state index contributed by atoms with van der Waals surface area (Å²) in [5.41, 5.74) is 0. The van der Waals surface area contributed by atoms with Gasteiger partial charge in [-0.3, -0.25) is 0 Å². The van der Waals surface area contributed by atoms with Gasteiger partial charge in [0.15, 0.2) is 0 Å². The summed E-state index contributed by atoms with van der Waals surface area (Å²) in [6, 6.07) is 1.10. The summed E-state index contributed by atoms with van der Waals surface area (Å²) in [7, 11) is 7.89. The first-order valence-corrected chi connectivity index (χ1v) is 18.6. The molecule has 2 saturated carbocycles. The van der Waals surface area contributed by atoms with Gasteiger partial charge in [0.05, 0.1) is 0 Å². The summed E-state index contributed by atoms with van der Waals surface area (Å²) in [5.74, 6) is 4.53. The molecule has 2 rings (SSSR count). The molecule has 0 aromatic heterocycles. The summed E-state index contributed by atoms with van der Waals surface area (Å²) < 4.78 is 0. The number of halogens is 2. The van der Waals surface area contributed by atoms with Crippen molar-refractivity contribution in [2.75, 3.05) is 0 Å². The van der Waals surface area contributed by atoms with Crippen LogP contribution >= 0.6 is 18.6 Å². The Kier molecular flexibility index (Phi) is 12.8. The molecule has 28 heavy (non-hydrogen) atoms. The van der Waals surface area contributed by atoms with Crippen LogP contribution in [0.4, 0.5) is 0 Å². The van der Waals surface area contributed by atoms with E-state index in [1.165, 1.54) is 38.5 Å². The van der Waals surface area contributed by atoms with E-state index >= 15 is 0 Å². The summed E-state index contributed by atoms with van der Waals surface area (Å²) >= 11 is -0.556. The van der Waals surface area contributed by atoms with E-state index in [0.29, 0.717) is 12.1 Å². The molecule has 0 spiro atoms. The second-order valence-electron chi connectivity index (χ2n) is 10.4. The van der Waals surface area contributed by atoms with Gasteiger partial charge in [-0.25, -0.2) is 0 Å². The summed E-state index contributed by atoms with van der Waals surface area (Å²) in [4.78, 5) is 11.1. The van der Waals surface area contributed by atoms with Crippen molar-refractivity contribution in [3.05, 3.63) is 9.96 Å². The molecule has 0 heterocycles. The third-order valence-corrected chi connectivity index (χ3v) is 8.94. The third kappa shape index (κ3) is 8.52. The number of hydrogen-bond acceptors (Lipinski definition) is 0. The van der Waals surface area contributed by atoms with Crippen LogP contribution in [0.25, 0.3) is 9.96 Å². The molecule has 6 heteroatoms. The first kappa shape index (κ1) is 27.5.